The molecule has 0 saturated carbocycles. The fraction of sp³-hybridized carbons (Fsp3) is 0.289. The van der Waals surface area contributed by atoms with Crippen molar-refractivity contribution in [2.24, 2.45) is 16.5 Å². The molecule has 12 heteroatoms. The van der Waals surface area contributed by atoms with E-state index in [-0.39, 0.29) is 55.8 Å². The molecule has 3 atom stereocenters. The zero-order valence-electron chi connectivity index (χ0n) is 28.1. The van der Waals surface area contributed by atoms with E-state index in [1.807, 2.05) is 72.8 Å². The maximum absolute atomic E-state index is 13.9. The molecule has 4 rings (SSSR count). The second kappa shape index (κ2) is 18.6. The van der Waals surface area contributed by atoms with Crippen LogP contribution in [-0.2, 0) is 38.4 Å². The van der Waals surface area contributed by atoms with Crippen LogP contribution in [0, 0.1) is 0 Å². The van der Waals surface area contributed by atoms with Gasteiger partial charge in [-0.05, 0) is 58.9 Å². The summed E-state index contributed by atoms with van der Waals surface area (Å²) in [7, 11) is 1.49. The van der Waals surface area contributed by atoms with Gasteiger partial charge in [-0.1, -0.05) is 84.9 Å². The minimum absolute atomic E-state index is 0.0944. The van der Waals surface area contributed by atoms with Crippen LogP contribution >= 0.6 is 0 Å². The van der Waals surface area contributed by atoms with E-state index >= 15 is 0 Å². The summed E-state index contributed by atoms with van der Waals surface area (Å²) in [5.41, 5.74) is 13.5. The molecule has 0 radical (unpaired) electrons. The van der Waals surface area contributed by atoms with Gasteiger partial charge in [-0.15, -0.1) is 0 Å². The zero-order chi connectivity index (χ0) is 35.9. The number of hydrogen-bond donors (Lipinski definition) is 7. The number of rotatable bonds is 17. The van der Waals surface area contributed by atoms with Crippen molar-refractivity contribution in [3.05, 3.63) is 114 Å². The lowest BCUT2D eigenvalue weighted by atomic mass is 10.00. The summed E-state index contributed by atoms with van der Waals surface area (Å²) < 4.78 is 0. The van der Waals surface area contributed by atoms with Crippen LogP contribution in [0.15, 0.2) is 102 Å². The Morgan fingerprint density at radius 3 is 1.98 bits per heavy atom. The van der Waals surface area contributed by atoms with Crippen LogP contribution in [0.1, 0.15) is 36.0 Å². The summed E-state index contributed by atoms with van der Waals surface area (Å²) in [6.07, 6.45) is 1.43. The SMILES string of the molecule is CNC(=O)[C@H](Cc1ccc2ccccc2c1)NC(=O)[C@H](CCCN=C(N)N)NC(=O)[C@@H](Cc1ccccc1)NC(=O)CCc1ccc(O)cc1. The van der Waals surface area contributed by atoms with Crippen molar-refractivity contribution in [3.63, 3.8) is 0 Å². The molecule has 4 aromatic carbocycles. The molecule has 0 aliphatic heterocycles. The molecule has 0 spiro atoms. The maximum atomic E-state index is 13.9. The Hall–Kier alpha value is -5.91. The number of nitrogens with one attached hydrogen (secondary N) is 4. The van der Waals surface area contributed by atoms with Crippen molar-refractivity contribution < 1.29 is 24.3 Å². The molecule has 0 fully saturated rings. The third-order valence-electron chi connectivity index (χ3n) is 8.22. The first-order valence-electron chi connectivity index (χ1n) is 16.6. The van der Waals surface area contributed by atoms with Gasteiger partial charge in [0.05, 0.1) is 0 Å². The number of hydrogen-bond acceptors (Lipinski definition) is 6. The van der Waals surface area contributed by atoms with Gasteiger partial charge in [0.2, 0.25) is 23.6 Å². The van der Waals surface area contributed by atoms with Crippen LogP contribution in [0.5, 0.6) is 5.75 Å². The molecular weight excluding hydrogens is 634 g/mol. The summed E-state index contributed by atoms with van der Waals surface area (Å²) >= 11 is 0. The Labute approximate surface area is 291 Å². The van der Waals surface area contributed by atoms with Gasteiger partial charge in [-0.2, -0.15) is 0 Å². The molecule has 4 aromatic rings. The molecule has 4 amide bonds. The monoisotopic (exact) mass is 679 g/mol. The van der Waals surface area contributed by atoms with Gasteiger partial charge in [0.25, 0.3) is 0 Å². The van der Waals surface area contributed by atoms with Gasteiger partial charge in [0, 0.05) is 32.9 Å². The zero-order valence-corrected chi connectivity index (χ0v) is 28.1. The molecule has 9 N–H and O–H groups in total. The molecule has 0 saturated heterocycles. The van der Waals surface area contributed by atoms with Crippen molar-refractivity contribution in [2.75, 3.05) is 13.6 Å². The van der Waals surface area contributed by atoms with Gasteiger partial charge in [0.1, 0.15) is 23.9 Å². The first-order chi connectivity index (χ1) is 24.1. The number of phenolic OH excluding ortho intramolecular Hbond substituents is 1. The maximum Gasteiger partial charge on any atom is 0.243 e. The fourth-order valence-electron chi connectivity index (χ4n) is 5.55. The van der Waals surface area contributed by atoms with Crippen LogP contribution in [0.3, 0.4) is 0 Å². The van der Waals surface area contributed by atoms with E-state index in [0.29, 0.717) is 12.8 Å². The molecular formula is C38H45N7O5. The number of phenols is 1. The summed E-state index contributed by atoms with van der Waals surface area (Å²) in [6.45, 7) is 0.222. The van der Waals surface area contributed by atoms with Crippen LogP contribution in [-0.4, -0.2) is 66.4 Å². The molecule has 0 unspecified atom stereocenters. The number of aryl methyl sites for hydroxylation is 1. The summed E-state index contributed by atoms with van der Waals surface area (Å²) in [6, 6.07) is 26.5. The van der Waals surface area contributed by atoms with E-state index in [9.17, 15) is 24.3 Å². The Bertz CT molecular complexity index is 1780. The van der Waals surface area contributed by atoms with Crippen molar-refractivity contribution >= 4 is 40.4 Å². The average molecular weight is 680 g/mol. The van der Waals surface area contributed by atoms with Crippen LogP contribution in [0.4, 0.5) is 0 Å². The number of fused-ring (bicyclic) bond motifs is 1. The predicted octanol–water partition coefficient (Wildman–Crippen LogP) is 2.22. The second-order valence-corrected chi connectivity index (χ2v) is 12.0. The molecule has 0 aliphatic rings. The summed E-state index contributed by atoms with van der Waals surface area (Å²) in [5, 5.41) is 22.7. The highest BCUT2D eigenvalue weighted by Crippen LogP contribution is 2.17. The molecule has 50 heavy (non-hydrogen) atoms. The lowest BCUT2D eigenvalue weighted by molar-refractivity contribution is -0.133. The third-order valence-corrected chi connectivity index (χ3v) is 8.22. The number of likely N-dealkylation sites (N-methyl/N-ethyl adjacent to an activating group) is 1. The number of carbonyl (C=O) groups is 4. The van der Waals surface area contributed by atoms with Gasteiger partial charge in [0.15, 0.2) is 5.96 Å². The second-order valence-electron chi connectivity index (χ2n) is 12.0. The van der Waals surface area contributed by atoms with Crippen molar-refractivity contribution in [1.29, 1.82) is 0 Å². The summed E-state index contributed by atoms with van der Waals surface area (Å²) in [4.78, 5) is 57.8. The van der Waals surface area contributed by atoms with E-state index < -0.39 is 29.9 Å². The Balaban J connectivity index is 1.51. The average Bonchev–Trinajstić information content (AvgIpc) is 3.11. The lowest BCUT2D eigenvalue weighted by Gasteiger charge is -2.25. The van der Waals surface area contributed by atoms with Crippen LogP contribution in [0.25, 0.3) is 10.8 Å². The molecule has 0 aromatic heterocycles. The first-order valence-corrected chi connectivity index (χ1v) is 16.6. The highest BCUT2D eigenvalue weighted by molar-refractivity contribution is 5.94. The highest BCUT2D eigenvalue weighted by atomic mass is 16.3. The highest BCUT2D eigenvalue weighted by Gasteiger charge is 2.29. The standard InChI is InChI=1S/C38H45N7O5/c1-41-35(48)32(24-27-13-17-28-10-5-6-11-29(28)22-27)45-36(49)31(12-7-21-42-38(39)40)44-37(50)33(23-26-8-3-2-4-9-26)43-34(47)20-16-25-14-18-30(46)19-15-25/h2-6,8-11,13-15,17-19,22,31-33,46H,7,12,16,20-21,23-24H2,1H3,(H,41,48)(H,43,47)(H,44,50)(H,45,49)(H4,39,40,42)/t31-,32-,33+/m0/s1. The third kappa shape index (κ3) is 11.7. The minimum atomic E-state index is -1.06. The number of amides is 4. The van der Waals surface area contributed by atoms with Crippen molar-refractivity contribution in [1.82, 2.24) is 21.3 Å². The number of aromatic hydroxyl groups is 1. The number of aliphatic imine (C=N–C) groups is 1. The predicted molar refractivity (Wildman–Crippen MR) is 194 cm³/mol. The minimum Gasteiger partial charge on any atom is -0.508 e. The molecule has 12 nitrogen and oxygen atoms in total. The number of nitrogens with zero attached hydrogens (tertiary/aromatic N) is 1. The molecule has 0 bridgehead atoms. The number of benzene rings is 4. The normalized spacial score (nSPS) is 12.6. The summed E-state index contributed by atoms with van der Waals surface area (Å²) in [5.74, 6) is -1.82. The number of nitrogens with two attached hydrogens (primary N) is 2. The van der Waals surface area contributed by atoms with Gasteiger partial charge < -0.3 is 37.8 Å². The van der Waals surface area contributed by atoms with Crippen molar-refractivity contribution in [2.45, 2.75) is 56.7 Å². The van der Waals surface area contributed by atoms with Crippen molar-refractivity contribution in [3.8, 4) is 5.75 Å². The first kappa shape index (κ1) is 36.9. The van der Waals surface area contributed by atoms with Gasteiger partial charge in [-0.3, -0.25) is 24.2 Å². The van der Waals surface area contributed by atoms with E-state index in [0.717, 1.165) is 27.5 Å². The van der Waals surface area contributed by atoms with Crippen LogP contribution in [0.2, 0.25) is 0 Å². The molecule has 0 aliphatic carbocycles. The van der Waals surface area contributed by atoms with E-state index in [1.54, 1.807) is 24.3 Å². The fourth-order valence-corrected chi connectivity index (χ4v) is 5.55. The van der Waals surface area contributed by atoms with E-state index in [2.05, 4.69) is 26.3 Å². The Kier molecular flexibility index (Phi) is 13.7. The molecule has 262 valence electrons. The Morgan fingerprint density at radius 1 is 0.680 bits per heavy atom. The Morgan fingerprint density at radius 2 is 1.28 bits per heavy atom. The molecule has 0 heterocycles. The van der Waals surface area contributed by atoms with E-state index in [1.165, 1.54) is 7.05 Å². The lowest BCUT2D eigenvalue weighted by Crippen LogP contribution is -2.57. The largest absolute Gasteiger partial charge is 0.508 e. The van der Waals surface area contributed by atoms with Gasteiger partial charge >= 0.3 is 0 Å². The van der Waals surface area contributed by atoms with Gasteiger partial charge in [-0.25, -0.2) is 0 Å². The smallest absolute Gasteiger partial charge is 0.243 e. The number of guanidine groups is 1. The topological polar surface area (TPSA) is 201 Å². The van der Waals surface area contributed by atoms with Crippen LogP contribution < -0.4 is 32.7 Å². The van der Waals surface area contributed by atoms with E-state index in [4.69, 9.17) is 11.5 Å². The quantitative estimate of drug-likeness (QED) is 0.0504. The number of carbonyl (C=O) groups excluding carboxylic acids is 4.